The van der Waals surface area contributed by atoms with Gasteiger partial charge in [0.15, 0.2) is 0 Å². The number of nitriles is 1. The Kier molecular flexibility index (Phi) is 14.8. The first kappa shape index (κ1) is 17.9. The minimum absolute atomic E-state index is 0.0801. The summed E-state index contributed by atoms with van der Waals surface area (Å²) < 4.78 is 4.93. The van der Waals surface area contributed by atoms with E-state index in [9.17, 15) is 0 Å². The first-order valence-corrected chi connectivity index (χ1v) is 8.03. The molecule has 0 spiro atoms. The summed E-state index contributed by atoms with van der Waals surface area (Å²) >= 11 is 0. The highest BCUT2D eigenvalue weighted by atomic mass is 31.0. The average molecular weight is 271 g/mol. The molecule has 3 heteroatoms. The molecule has 0 N–H and O–H groups in total. The summed E-state index contributed by atoms with van der Waals surface area (Å²) in [5.41, 5.74) is 0. The van der Waals surface area contributed by atoms with Crippen molar-refractivity contribution < 1.29 is 4.52 Å². The summed E-state index contributed by atoms with van der Waals surface area (Å²) in [7, 11) is 2.22. The lowest BCUT2D eigenvalue weighted by Gasteiger charge is -2.07. The van der Waals surface area contributed by atoms with E-state index in [4.69, 9.17) is 9.79 Å². The molecule has 0 aromatic carbocycles. The molecule has 0 aromatic rings. The predicted octanol–water partition coefficient (Wildman–Crippen LogP) is 5.24. The van der Waals surface area contributed by atoms with E-state index >= 15 is 0 Å². The molecule has 0 amide bonds. The normalized spacial score (nSPS) is 12.3. The lowest BCUT2D eigenvalue weighted by Crippen LogP contribution is -2.03. The number of nitrogens with zero attached hydrogens (tertiary/aromatic N) is 1. The predicted molar refractivity (Wildman–Crippen MR) is 81.2 cm³/mol. The van der Waals surface area contributed by atoms with Crippen LogP contribution in [0.2, 0.25) is 0 Å². The van der Waals surface area contributed by atoms with Crippen molar-refractivity contribution in [3.05, 3.63) is 0 Å². The molecule has 18 heavy (non-hydrogen) atoms. The van der Waals surface area contributed by atoms with Gasteiger partial charge in [0.1, 0.15) is 0 Å². The third-order valence-electron chi connectivity index (χ3n) is 3.39. The van der Waals surface area contributed by atoms with Crippen molar-refractivity contribution in [2.24, 2.45) is 5.92 Å². The van der Waals surface area contributed by atoms with E-state index in [1.165, 1.54) is 64.2 Å². The maximum atomic E-state index is 8.86. The molecule has 2 unspecified atom stereocenters. The van der Waals surface area contributed by atoms with Crippen molar-refractivity contribution in [3.63, 3.8) is 0 Å². The molecule has 0 saturated heterocycles. The Bertz CT molecular complexity index is 203. The molecule has 0 radical (unpaired) electrons. The summed E-state index contributed by atoms with van der Waals surface area (Å²) in [5, 5.41) is 8.86. The lowest BCUT2D eigenvalue weighted by atomic mass is 10.0. The van der Waals surface area contributed by atoms with Crippen molar-refractivity contribution in [2.45, 2.75) is 77.6 Å². The van der Waals surface area contributed by atoms with Gasteiger partial charge in [-0.25, -0.2) is 0 Å². The van der Waals surface area contributed by atoms with Crippen molar-refractivity contribution in [2.75, 3.05) is 6.61 Å². The standard InChI is InChI=1S/C15H30NOP/c1-2-3-4-5-6-7-8-9-10-11-12-15(13-16)14-17-18/h15H,2-12,14,18H2,1H3. The molecule has 0 aliphatic carbocycles. The second-order valence-corrected chi connectivity index (χ2v) is 5.46. The SMILES string of the molecule is CCCCCCCCCCCCC(C#N)COP. The van der Waals surface area contributed by atoms with Crippen LogP contribution in [0.5, 0.6) is 0 Å². The van der Waals surface area contributed by atoms with Gasteiger partial charge in [-0.15, -0.1) is 0 Å². The number of hydrogen-bond donors (Lipinski definition) is 0. The Morgan fingerprint density at radius 3 is 1.89 bits per heavy atom. The quantitative estimate of drug-likeness (QED) is 0.339. The van der Waals surface area contributed by atoms with Crippen molar-refractivity contribution >= 4 is 9.47 Å². The molecule has 0 aromatic heterocycles. The highest BCUT2D eigenvalue weighted by Crippen LogP contribution is 2.14. The van der Waals surface area contributed by atoms with E-state index in [1.54, 1.807) is 0 Å². The van der Waals surface area contributed by atoms with Crippen molar-refractivity contribution in [1.29, 1.82) is 5.26 Å². The van der Waals surface area contributed by atoms with Gasteiger partial charge in [-0.05, 0) is 6.42 Å². The van der Waals surface area contributed by atoms with E-state index in [0.29, 0.717) is 6.61 Å². The smallest absolute Gasteiger partial charge is 0.0700 e. The number of rotatable bonds is 13. The topological polar surface area (TPSA) is 33.0 Å². The van der Waals surface area contributed by atoms with Gasteiger partial charge in [0, 0.05) is 9.47 Å². The maximum Gasteiger partial charge on any atom is 0.0700 e. The summed E-state index contributed by atoms with van der Waals surface area (Å²) in [6.07, 6.45) is 14.5. The van der Waals surface area contributed by atoms with Crippen LogP contribution in [-0.4, -0.2) is 6.61 Å². The van der Waals surface area contributed by atoms with Gasteiger partial charge >= 0.3 is 0 Å². The molecule has 2 nitrogen and oxygen atoms in total. The highest BCUT2D eigenvalue weighted by Gasteiger charge is 2.05. The number of hydrogen-bond acceptors (Lipinski definition) is 2. The minimum Gasteiger partial charge on any atom is -0.364 e. The zero-order valence-electron chi connectivity index (χ0n) is 12.0. The van der Waals surface area contributed by atoms with Gasteiger partial charge in [0.25, 0.3) is 0 Å². The van der Waals surface area contributed by atoms with Crippen LogP contribution in [0, 0.1) is 17.2 Å². The molecule has 0 saturated carbocycles. The zero-order valence-corrected chi connectivity index (χ0v) is 13.2. The van der Waals surface area contributed by atoms with Gasteiger partial charge in [0.2, 0.25) is 0 Å². The summed E-state index contributed by atoms with van der Waals surface area (Å²) in [4.78, 5) is 0. The van der Waals surface area contributed by atoms with E-state index in [1.807, 2.05) is 0 Å². The van der Waals surface area contributed by atoms with Crippen LogP contribution in [0.25, 0.3) is 0 Å². The summed E-state index contributed by atoms with van der Waals surface area (Å²) in [6, 6.07) is 2.30. The van der Waals surface area contributed by atoms with Gasteiger partial charge in [-0.2, -0.15) is 5.26 Å². The molecule has 0 bridgehead atoms. The van der Waals surface area contributed by atoms with Gasteiger partial charge in [-0.3, -0.25) is 0 Å². The molecule has 2 atom stereocenters. The van der Waals surface area contributed by atoms with E-state index in [0.717, 1.165) is 6.42 Å². The zero-order chi connectivity index (χ0) is 13.5. The molecule has 0 heterocycles. The third kappa shape index (κ3) is 12.3. The molecule has 0 aliphatic heterocycles. The fourth-order valence-electron chi connectivity index (χ4n) is 2.18. The first-order valence-electron chi connectivity index (χ1n) is 7.56. The molecular formula is C15H30NOP. The largest absolute Gasteiger partial charge is 0.364 e. The van der Waals surface area contributed by atoms with Crippen LogP contribution in [-0.2, 0) is 4.52 Å². The average Bonchev–Trinajstić information content (AvgIpc) is 2.39. The molecule has 0 aliphatic rings. The van der Waals surface area contributed by atoms with Gasteiger partial charge < -0.3 is 4.52 Å². The molecule has 0 fully saturated rings. The maximum absolute atomic E-state index is 8.86. The van der Waals surface area contributed by atoms with Crippen LogP contribution in [0.1, 0.15) is 77.6 Å². The highest BCUT2D eigenvalue weighted by molar-refractivity contribution is 7.09. The van der Waals surface area contributed by atoms with E-state index in [-0.39, 0.29) is 5.92 Å². The Labute approximate surface area is 116 Å². The van der Waals surface area contributed by atoms with Crippen LogP contribution in [0.4, 0.5) is 0 Å². The van der Waals surface area contributed by atoms with Crippen LogP contribution >= 0.6 is 9.47 Å². The van der Waals surface area contributed by atoms with E-state index in [2.05, 4.69) is 22.5 Å². The Hall–Kier alpha value is -0.120. The van der Waals surface area contributed by atoms with Crippen LogP contribution in [0.15, 0.2) is 0 Å². The van der Waals surface area contributed by atoms with Crippen molar-refractivity contribution in [1.82, 2.24) is 0 Å². The van der Waals surface area contributed by atoms with Crippen LogP contribution in [0.3, 0.4) is 0 Å². The Balaban J connectivity index is 3.13. The molecule has 106 valence electrons. The summed E-state index contributed by atoms with van der Waals surface area (Å²) in [6.45, 7) is 2.81. The minimum atomic E-state index is 0.0801. The Morgan fingerprint density at radius 1 is 0.944 bits per heavy atom. The Morgan fingerprint density at radius 2 is 1.44 bits per heavy atom. The van der Waals surface area contributed by atoms with Gasteiger partial charge in [-0.1, -0.05) is 71.1 Å². The lowest BCUT2D eigenvalue weighted by molar-refractivity contribution is 0.309. The monoisotopic (exact) mass is 271 g/mol. The molecular weight excluding hydrogens is 241 g/mol. The third-order valence-corrected chi connectivity index (χ3v) is 3.58. The first-order chi connectivity index (χ1) is 8.85. The second kappa shape index (κ2) is 14.9. The van der Waals surface area contributed by atoms with Crippen LogP contribution < -0.4 is 0 Å². The fourth-order valence-corrected chi connectivity index (χ4v) is 2.41. The fraction of sp³-hybridized carbons (Fsp3) is 0.933. The second-order valence-electron chi connectivity index (χ2n) is 5.13. The van der Waals surface area contributed by atoms with E-state index < -0.39 is 0 Å². The van der Waals surface area contributed by atoms with Gasteiger partial charge in [0.05, 0.1) is 18.6 Å². The summed E-state index contributed by atoms with van der Waals surface area (Å²) in [5.74, 6) is 0.0801. The van der Waals surface area contributed by atoms with Crippen molar-refractivity contribution in [3.8, 4) is 6.07 Å². The number of unbranched alkanes of at least 4 members (excludes halogenated alkanes) is 9. The molecule has 0 rings (SSSR count).